The molecule has 0 spiro atoms. The lowest BCUT2D eigenvalue weighted by molar-refractivity contribution is 0.808. The van der Waals surface area contributed by atoms with Crippen LogP contribution in [0.25, 0.3) is 0 Å². The van der Waals surface area contributed by atoms with Crippen LogP contribution in [0.2, 0.25) is 0 Å². The van der Waals surface area contributed by atoms with Gasteiger partial charge in [0.1, 0.15) is 18.0 Å². The number of fused-ring (bicyclic) bond motifs is 1. The van der Waals surface area contributed by atoms with E-state index in [2.05, 4.69) is 10.6 Å². The number of para-hydroxylation sites is 1. The van der Waals surface area contributed by atoms with Crippen LogP contribution in [0, 0.1) is 22.7 Å². The van der Waals surface area contributed by atoms with Gasteiger partial charge in [0.2, 0.25) is 0 Å². The highest BCUT2D eigenvalue weighted by atomic mass is 15.1. The first-order valence-corrected chi connectivity index (χ1v) is 4.98. The highest BCUT2D eigenvalue weighted by molar-refractivity contribution is 5.58. The van der Waals surface area contributed by atoms with E-state index < -0.39 is 0 Å². The summed E-state index contributed by atoms with van der Waals surface area (Å²) in [5.74, 6) is 0.495. The predicted octanol–water partition coefficient (Wildman–Crippen LogP) is 1.50. The molecule has 16 heavy (non-hydrogen) atoms. The molecule has 2 N–H and O–H groups in total. The van der Waals surface area contributed by atoms with Crippen molar-refractivity contribution < 1.29 is 0 Å². The second-order valence-electron chi connectivity index (χ2n) is 3.43. The zero-order valence-corrected chi connectivity index (χ0v) is 8.62. The first-order valence-electron chi connectivity index (χ1n) is 4.98. The van der Waals surface area contributed by atoms with Crippen LogP contribution >= 0.6 is 0 Å². The number of hydrogen-bond donors (Lipinski definition) is 2. The van der Waals surface area contributed by atoms with Gasteiger partial charge in [-0.15, -0.1) is 0 Å². The summed E-state index contributed by atoms with van der Waals surface area (Å²) < 4.78 is 0. The molecule has 0 unspecified atom stereocenters. The summed E-state index contributed by atoms with van der Waals surface area (Å²) in [7, 11) is 0. The van der Waals surface area contributed by atoms with E-state index in [1.807, 2.05) is 36.4 Å². The van der Waals surface area contributed by atoms with Crippen LogP contribution in [-0.2, 0) is 6.42 Å². The molecule has 4 heteroatoms. The van der Waals surface area contributed by atoms with Gasteiger partial charge in [0, 0.05) is 12.2 Å². The van der Waals surface area contributed by atoms with Crippen molar-refractivity contribution in [3.05, 3.63) is 41.2 Å². The lowest BCUT2D eigenvalue weighted by Crippen LogP contribution is -2.20. The molecule has 0 aromatic heterocycles. The fraction of sp³-hybridized carbons (Fsp3) is 0.167. The molecule has 78 valence electrons. The largest absolute Gasteiger partial charge is 0.370 e. The van der Waals surface area contributed by atoms with Crippen LogP contribution in [0.3, 0.4) is 0 Å². The molecule has 0 saturated heterocycles. The summed E-state index contributed by atoms with van der Waals surface area (Å²) in [6.07, 6.45) is 0.872. The zero-order valence-electron chi connectivity index (χ0n) is 8.62. The molecular formula is C12H10N4. The van der Waals surface area contributed by atoms with Gasteiger partial charge in [0.15, 0.2) is 5.57 Å². The third-order valence-corrected chi connectivity index (χ3v) is 2.45. The number of nitrogens with one attached hydrogen (secondary N) is 2. The SMILES string of the molecule is N#CC(C#N)=C1NCCc2ccccc2N1. The minimum atomic E-state index is 0.0803. The summed E-state index contributed by atoms with van der Waals surface area (Å²) in [5, 5.41) is 23.8. The lowest BCUT2D eigenvalue weighted by Gasteiger charge is -2.09. The molecule has 1 heterocycles. The van der Waals surface area contributed by atoms with Crippen molar-refractivity contribution >= 4 is 5.69 Å². The minimum absolute atomic E-state index is 0.0803. The molecule has 0 saturated carbocycles. The van der Waals surface area contributed by atoms with E-state index in [-0.39, 0.29) is 5.57 Å². The Bertz CT molecular complexity index is 501. The first kappa shape index (κ1) is 10.1. The van der Waals surface area contributed by atoms with Gasteiger partial charge in [0.25, 0.3) is 0 Å². The molecule has 1 aliphatic rings. The van der Waals surface area contributed by atoms with Gasteiger partial charge in [-0.1, -0.05) is 18.2 Å². The van der Waals surface area contributed by atoms with E-state index in [9.17, 15) is 0 Å². The van der Waals surface area contributed by atoms with E-state index in [1.165, 1.54) is 5.56 Å². The van der Waals surface area contributed by atoms with Crippen LogP contribution < -0.4 is 10.6 Å². The second-order valence-corrected chi connectivity index (χ2v) is 3.43. The maximum atomic E-state index is 8.81. The predicted molar refractivity (Wildman–Crippen MR) is 60.0 cm³/mol. The Balaban J connectivity index is 2.42. The van der Waals surface area contributed by atoms with E-state index >= 15 is 0 Å². The summed E-state index contributed by atoms with van der Waals surface area (Å²) >= 11 is 0. The maximum absolute atomic E-state index is 8.81. The van der Waals surface area contributed by atoms with Crippen molar-refractivity contribution in [2.24, 2.45) is 0 Å². The van der Waals surface area contributed by atoms with E-state index in [0.29, 0.717) is 12.4 Å². The Morgan fingerprint density at radius 2 is 1.94 bits per heavy atom. The average molecular weight is 210 g/mol. The van der Waals surface area contributed by atoms with Crippen LogP contribution in [0.15, 0.2) is 35.7 Å². The number of allylic oxidation sites excluding steroid dienone is 1. The summed E-state index contributed by atoms with van der Waals surface area (Å²) in [6, 6.07) is 11.6. The van der Waals surface area contributed by atoms with Crippen LogP contribution in [0.4, 0.5) is 5.69 Å². The van der Waals surface area contributed by atoms with Crippen LogP contribution in [0.5, 0.6) is 0 Å². The van der Waals surface area contributed by atoms with Gasteiger partial charge in [-0.05, 0) is 18.1 Å². The maximum Gasteiger partial charge on any atom is 0.169 e. The van der Waals surface area contributed by atoms with Crippen molar-refractivity contribution in [1.82, 2.24) is 5.32 Å². The summed E-state index contributed by atoms with van der Waals surface area (Å²) in [6.45, 7) is 0.714. The van der Waals surface area contributed by atoms with Crippen molar-refractivity contribution in [3.8, 4) is 12.1 Å². The van der Waals surface area contributed by atoms with Crippen LogP contribution in [0.1, 0.15) is 5.56 Å². The Morgan fingerprint density at radius 3 is 2.69 bits per heavy atom. The number of anilines is 1. The molecular weight excluding hydrogens is 200 g/mol. The second kappa shape index (κ2) is 4.37. The van der Waals surface area contributed by atoms with Gasteiger partial charge in [0.05, 0.1) is 0 Å². The molecule has 1 aromatic rings. The number of nitriles is 2. The molecule has 0 fully saturated rings. The third-order valence-electron chi connectivity index (χ3n) is 2.45. The topological polar surface area (TPSA) is 71.6 Å². The fourth-order valence-electron chi connectivity index (χ4n) is 1.65. The fourth-order valence-corrected chi connectivity index (χ4v) is 1.65. The summed E-state index contributed by atoms with van der Waals surface area (Å²) in [5.41, 5.74) is 2.21. The van der Waals surface area contributed by atoms with Gasteiger partial charge in [-0.25, -0.2) is 0 Å². The normalized spacial score (nSPS) is 13.2. The lowest BCUT2D eigenvalue weighted by atomic mass is 10.1. The summed E-state index contributed by atoms with van der Waals surface area (Å²) in [4.78, 5) is 0. The molecule has 0 radical (unpaired) electrons. The molecule has 0 bridgehead atoms. The Labute approximate surface area is 93.8 Å². The van der Waals surface area contributed by atoms with E-state index in [4.69, 9.17) is 10.5 Å². The molecule has 0 atom stereocenters. The Kier molecular flexibility index (Phi) is 2.75. The van der Waals surface area contributed by atoms with Crippen molar-refractivity contribution in [2.75, 3.05) is 11.9 Å². The number of hydrogen-bond acceptors (Lipinski definition) is 4. The number of nitrogens with zero attached hydrogens (tertiary/aromatic N) is 2. The Morgan fingerprint density at radius 1 is 1.19 bits per heavy atom. The zero-order chi connectivity index (χ0) is 11.4. The highest BCUT2D eigenvalue weighted by Gasteiger charge is 2.12. The molecule has 1 aromatic carbocycles. The standard InChI is InChI=1S/C12H10N4/c13-7-10(8-14)12-15-6-5-9-3-1-2-4-11(9)16-12/h1-4,15-16H,5-6H2. The number of rotatable bonds is 0. The molecule has 0 aliphatic carbocycles. The highest BCUT2D eigenvalue weighted by Crippen LogP contribution is 2.20. The number of benzene rings is 1. The Hall–Kier alpha value is -2.46. The third kappa shape index (κ3) is 1.82. The molecule has 1 aliphatic heterocycles. The van der Waals surface area contributed by atoms with Gasteiger partial charge in [-0.2, -0.15) is 10.5 Å². The average Bonchev–Trinajstić information content (AvgIpc) is 2.53. The van der Waals surface area contributed by atoms with Gasteiger partial charge >= 0.3 is 0 Å². The van der Waals surface area contributed by atoms with Crippen LogP contribution in [-0.4, -0.2) is 6.54 Å². The monoisotopic (exact) mass is 210 g/mol. The van der Waals surface area contributed by atoms with E-state index in [1.54, 1.807) is 0 Å². The molecule has 2 rings (SSSR count). The first-order chi connectivity index (χ1) is 7.85. The van der Waals surface area contributed by atoms with Crippen molar-refractivity contribution in [2.45, 2.75) is 6.42 Å². The van der Waals surface area contributed by atoms with E-state index in [0.717, 1.165) is 12.1 Å². The molecule has 4 nitrogen and oxygen atoms in total. The van der Waals surface area contributed by atoms with Crippen molar-refractivity contribution in [3.63, 3.8) is 0 Å². The quantitative estimate of drug-likeness (QED) is 0.636. The van der Waals surface area contributed by atoms with Gasteiger partial charge < -0.3 is 10.6 Å². The molecule has 0 amide bonds. The smallest absolute Gasteiger partial charge is 0.169 e. The van der Waals surface area contributed by atoms with Crippen molar-refractivity contribution in [1.29, 1.82) is 10.5 Å². The minimum Gasteiger partial charge on any atom is -0.370 e. The van der Waals surface area contributed by atoms with Gasteiger partial charge in [-0.3, -0.25) is 0 Å².